The van der Waals surface area contributed by atoms with Crippen LogP contribution in [0.1, 0.15) is 58.3 Å². The maximum absolute atomic E-state index is 12.1. The lowest BCUT2D eigenvalue weighted by atomic mass is 9.90. The summed E-state index contributed by atoms with van der Waals surface area (Å²) in [5, 5.41) is 8.60. The SMILES string of the molecule is CSCCC(=O)C(CCCCC(=O)O)CCCC(C)=O. The van der Waals surface area contributed by atoms with E-state index in [9.17, 15) is 14.4 Å². The summed E-state index contributed by atoms with van der Waals surface area (Å²) in [6, 6.07) is 0. The van der Waals surface area contributed by atoms with Gasteiger partial charge in [0.15, 0.2) is 0 Å². The molecule has 1 unspecified atom stereocenters. The van der Waals surface area contributed by atoms with Crippen molar-refractivity contribution in [3.05, 3.63) is 0 Å². The Hall–Kier alpha value is -0.840. The minimum atomic E-state index is -0.785. The molecule has 0 saturated carbocycles. The maximum atomic E-state index is 12.1. The second-order valence-electron chi connectivity index (χ2n) is 5.14. The number of aliphatic carboxylic acids is 1. The van der Waals surface area contributed by atoms with E-state index in [1.165, 1.54) is 0 Å². The van der Waals surface area contributed by atoms with E-state index < -0.39 is 5.97 Å². The molecule has 0 radical (unpaired) electrons. The van der Waals surface area contributed by atoms with E-state index in [2.05, 4.69) is 0 Å². The average Bonchev–Trinajstić information content (AvgIpc) is 2.38. The number of Topliss-reactive ketones (excluding diaryl/α,β-unsaturated/α-hetero) is 2. The van der Waals surface area contributed by atoms with Gasteiger partial charge in [0, 0.05) is 25.2 Å². The summed E-state index contributed by atoms with van der Waals surface area (Å²) in [5.74, 6) is 0.462. The fourth-order valence-electron chi connectivity index (χ4n) is 2.14. The first-order valence-corrected chi connectivity index (χ1v) is 8.59. The van der Waals surface area contributed by atoms with Crippen LogP contribution in [0.4, 0.5) is 0 Å². The molecule has 0 aromatic carbocycles. The molecule has 0 aliphatic carbocycles. The van der Waals surface area contributed by atoms with Crippen molar-refractivity contribution in [2.75, 3.05) is 12.0 Å². The molecule has 0 spiro atoms. The highest BCUT2D eigenvalue weighted by Gasteiger charge is 2.17. The Kier molecular flexibility index (Phi) is 11.4. The number of carbonyl (C=O) groups is 3. The van der Waals surface area contributed by atoms with Crippen LogP contribution in [0.3, 0.4) is 0 Å². The molecule has 0 amide bonds. The fourth-order valence-corrected chi connectivity index (χ4v) is 2.54. The van der Waals surface area contributed by atoms with Crippen molar-refractivity contribution in [3.8, 4) is 0 Å². The van der Waals surface area contributed by atoms with Crippen LogP contribution in [0.5, 0.6) is 0 Å². The molecular weight excluding hydrogens is 276 g/mol. The van der Waals surface area contributed by atoms with Gasteiger partial charge >= 0.3 is 5.97 Å². The van der Waals surface area contributed by atoms with Gasteiger partial charge < -0.3 is 9.90 Å². The Labute approximate surface area is 125 Å². The number of hydrogen-bond donors (Lipinski definition) is 1. The number of carboxylic acids is 1. The van der Waals surface area contributed by atoms with Crippen LogP contribution < -0.4 is 0 Å². The smallest absolute Gasteiger partial charge is 0.303 e. The quantitative estimate of drug-likeness (QED) is 0.528. The van der Waals surface area contributed by atoms with Crippen LogP contribution >= 0.6 is 11.8 Å². The predicted molar refractivity (Wildman–Crippen MR) is 82.1 cm³/mol. The van der Waals surface area contributed by atoms with E-state index in [0.717, 1.165) is 31.4 Å². The number of unbranched alkanes of at least 4 members (excludes halogenated alkanes) is 1. The summed E-state index contributed by atoms with van der Waals surface area (Å²) in [6.07, 6.45) is 6.88. The highest BCUT2D eigenvalue weighted by Crippen LogP contribution is 2.20. The Morgan fingerprint density at radius 2 is 1.65 bits per heavy atom. The molecule has 0 aromatic rings. The molecule has 0 rings (SSSR count). The Bertz CT molecular complexity index is 315. The highest BCUT2D eigenvalue weighted by atomic mass is 32.2. The van der Waals surface area contributed by atoms with Crippen LogP contribution in [-0.2, 0) is 14.4 Å². The largest absolute Gasteiger partial charge is 0.481 e. The Morgan fingerprint density at radius 1 is 1.00 bits per heavy atom. The first kappa shape index (κ1) is 19.2. The summed E-state index contributed by atoms with van der Waals surface area (Å²) in [7, 11) is 0. The minimum Gasteiger partial charge on any atom is -0.481 e. The van der Waals surface area contributed by atoms with E-state index >= 15 is 0 Å². The standard InChI is InChI=1S/C15H26O4S/c1-12(16)6-5-8-13(14(17)10-11-20-2)7-3-4-9-15(18)19/h13H,3-11H2,1-2H3,(H,18,19). The van der Waals surface area contributed by atoms with Gasteiger partial charge in [-0.2, -0.15) is 11.8 Å². The van der Waals surface area contributed by atoms with E-state index in [4.69, 9.17) is 5.11 Å². The van der Waals surface area contributed by atoms with Crippen LogP contribution in [0.2, 0.25) is 0 Å². The first-order valence-electron chi connectivity index (χ1n) is 7.20. The minimum absolute atomic E-state index is 0.00436. The number of hydrogen-bond acceptors (Lipinski definition) is 4. The number of rotatable bonds is 13. The van der Waals surface area contributed by atoms with E-state index in [1.807, 2.05) is 6.26 Å². The number of ketones is 2. The Morgan fingerprint density at radius 3 is 2.20 bits per heavy atom. The molecule has 0 saturated heterocycles. The monoisotopic (exact) mass is 302 g/mol. The van der Waals surface area contributed by atoms with Crippen LogP contribution in [0, 0.1) is 5.92 Å². The van der Waals surface area contributed by atoms with Crippen LogP contribution in [0.15, 0.2) is 0 Å². The molecule has 1 N–H and O–H groups in total. The molecule has 20 heavy (non-hydrogen) atoms. The molecule has 0 fully saturated rings. The molecule has 0 heterocycles. The third kappa shape index (κ3) is 11.0. The zero-order chi connectivity index (χ0) is 15.4. The number of thioether (sulfide) groups is 1. The zero-order valence-electron chi connectivity index (χ0n) is 12.5. The summed E-state index contributed by atoms with van der Waals surface area (Å²) in [4.78, 5) is 33.5. The van der Waals surface area contributed by atoms with E-state index in [1.54, 1.807) is 18.7 Å². The maximum Gasteiger partial charge on any atom is 0.303 e. The van der Waals surface area contributed by atoms with Crippen molar-refractivity contribution in [3.63, 3.8) is 0 Å². The topological polar surface area (TPSA) is 71.4 Å². The molecule has 0 bridgehead atoms. The lowest BCUT2D eigenvalue weighted by Crippen LogP contribution is -2.16. The van der Waals surface area contributed by atoms with Gasteiger partial charge in [-0.05, 0) is 44.6 Å². The van der Waals surface area contributed by atoms with Crippen molar-refractivity contribution in [1.29, 1.82) is 0 Å². The van der Waals surface area contributed by atoms with Crippen molar-refractivity contribution in [2.45, 2.75) is 58.3 Å². The van der Waals surface area contributed by atoms with Gasteiger partial charge in [-0.25, -0.2) is 0 Å². The summed E-state index contributed by atoms with van der Waals surface area (Å²) in [6.45, 7) is 1.57. The van der Waals surface area contributed by atoms with Crippen LogP contribution in [-0.4, -0.2) is 34.7 Å². The third-order valence-corrected chi connectivity index (χ3v) is 3.89. The predicted octanol–water partition coefficient (Wildman–Crippen LogP) is 3.33. The lowest BCUT2D eigenvalue weighted by molar-refractivity contribution is -0.137. The molecule has 0 aromatic heterocycles. The molecule has 0 aliphatic rings. The van der Waals surface area contributed by atoms with Crippen molar-refractivity contribution in [1.82, 2.24) is 0 Å². The second-order valence-corrected chi connectivity index (χ2v) is 6.13. The van der Waals surface area contributed by atoms with Gasteiger partial charge in [-0.1, -0.05) is 6.42 Å². The van der Waals surface area contributed by atoms with E-state index in [-0.39, 0.29) is 23.9 Å². The highest BCUT2D eigenvalue weighted by molar-refractivity contribution is 7.98. The summed E-state index contributed by atoms with van der Waals surface area (Å²) < 4.78 is 0. The average molecular weight is 302 g/mol. The fraction of sp³-hybridized carbons (Fsp3) is 0.800. The molecule has 4 nitrogen and oxygen atoms in total. The summed E-state index contributed by atoms with van der Waals surface area (Å²) >= 11 is 1.66. The van der Waals surface area contributed by atoms with Gasteiger partial charge in [0.1, 0.15) is 11.6 Å². The summed E-state index contributed by atoms with van der Waals surface area (Å²) in [5.41, 5.74) is 0. The third-order valence-electron chi connectivity index (χ3n) is 3.28. The number of carboxylic acid groups (broad SMARTS) is 1. The molecule has 116 valence electrons. The van der Waals surface area contributed by atoms with Crippen molar-refractivity contribution < 1.29 is 19.5 Å². The van der Waals surface area contributed by atoms with E-state index in [0.29, 0.717) is 19.3 Å². The van der Waals surface area contributed by atoms with Crippen molar-refractivity contribution in [2.24, 2.45) is 5.92 Å². The molecule has 0 aliphatic heterocycles. The molecular formula is C15H26O4S. The van der Waals surface area contributed by atoms with Gasteiger partial charge in [-0.15, -0.1) is 0 Å². The molecule has 1 atom stereocenters. The first-order chi connectivity index (χ1) is 9.47. The van der Waals surface area contributed by atoms with Gasteiger partial charge in [0.2, 0.25) is 0 Å². The normalized spacial score (nSPS) is 12.1. The van der Waals surface area contributed by atoms with Crippen molar-refractivity contribution >= 4 is 29.3 Å². The van der Waals surface area contributed by atoms with Crippen LogP contribution in [0.25, 0.3) is 0 Å². The zero-order valence-corrected chi connectivity index (χ0v) is 13.3. The Balaban J connectivity index is 4.12. The second kappa shape index (κ2) is 11.9. The number of carbonyl (C=O) groups excluding carboxylic acids is 2. The lowest BCUT2D eigenvalue weighted by Gasteiger charge is -2.15. The van der Waals surface area contributed by atoms with Gasteiger partial charge in [0.25, 0.3) is 0 Å². The molecule has 5 heteroatoms. The van der Waals surface area contributed by atoms with Gasteiger partial charge in [-0.3, -0.25) is 9.59 Å². The van der Waals surface area contributed by atoms with Gasteiger partial charge in [0.05, 0.1) is 0 Å².